The summed E-state index contributed by atoms with van der Waals surface area (Å²) < 4.78 is 2.73. The third-order valence-corrected chi connectivity index (χ3v) is 8.87. The number of benzene rings is 4. The molecule has 0 heterocycles. The molecule has 0 aliphatic carbocycles. The van der Waals surface area contributed by atoms with E-state index < -0.39 is 8.07 Å². The van der Waals surface area contributed by atoms with Crippen LogP contribution in [0.5, 0.6) is 0 Å². The zero-order valence-electron chi connectivity index (χ0n) is 19.4. The molecule has 4 rings (SSSR count). The second-order valence-corrected chi connectivity index (χ2v) is 10.7. The minimum atomic E-state index is -0.732. The van der Waals surface area contributed by atoms with Crippen LogP contribution in [0, 0.1) is 13.8 Å². The largest absolute Gasteiger partial charge is 0.261 e. The average Bonchev–Trinajstić information content (AvgIpc) is 2.84. The smallest absolute Gasteiger partial charge is 0.0368 e. The van der Waals surface area contributed by atoms with E-state index in [4.69, 9.17) is 0 Å². The fourth-order valence-corrected chi connectivity index (χ4v) is 6.89. The van der Waals surface area contributed by atoms with Crippen LogP contribution in [-0.2, 0) is 0 Å². The van der Waals surface area contributed by atoms with Gasteiger partial charge in [-0.1, -0.05) is 120 Å². The molecular formula is C30H32NP. The Labute approximate surface area is 194 Å². The Bertz CT molecular complexity index is 1010. The Hall–Kier alpha value is -2.73. The number of nitrogens with zero attached hydrogens (tertiary/aromatic N) is 1. The number of hydrogen-bond acceptors (Lipinski definition) is 1. The van der Waals surface area contributed by atoms with Crippen molar-refractivity contribution in [3.8, 4) is 0 Å². The Morgan fingerprint density at radius 2 is 0.844 bits per heavy atom. The molecule has 0 saturated heterocycles. The van der Waals surface area contributed by atoms with Crippen molar-refractivity contribution in [2.45, 2.75) is 39.8 Å². The molecule has 162 valence electrons. The maximum atomic E-state index is 2.73. The van der Waals surface area contributed by atoms with E-state index in [2.05, 4.69) is 142 Å². The van der Waals surface area contributed by atoms with Gasteiger partial charge < -0.3 is 0 Å². The van der Waals surface area contributed by atoms with Gasteiger partial charge in [-0.2, -0.15) is 0 Å². The van der Waals surface area contributed by atoms with Crippen molar-refractivity contribution in [1.82, 2.24) is 4.67 Å². The first-order valence-corrected chi connectivity index (χ1v) is 12.7. The van der Waals surface area contributed by atoms with E-state index in [1.54, 1.807) is 0 Å². The van der Waals surface area contributed by atoms with Crippen LogP contribution in [0.4, 0.5) is 0 Å². The highest BCUT2D eigenvalue weighted by molar-refractivity contribution is 7.70. The molecule has 0 unspecified atom stereocenters. The van der Waals surface area contributed by atoms with Crippen LogP contribution in [0.15, 0.2) is 109 Å². The van der Waals surface area contributed by atoms with Crippen molar-refractivity contribution >= 4 is 18.7 Å². The molecule has 2 heteroatoms. The highest BCUT2D eigenvalue weighted by Crippen LogP contribution is 2.50. The van der Waals surface area contributed by atoms with Crippen LogP contribution in [0.2, 0.25) is 0 Å². The molecule has 0 spiro atoms. The molecule has 1 nitrogen and oxygen atoms in total. The third kappa shape index (κ3) is 5.01. The van der Waals surface area contributed by atoms with Crippen LogP contribution in [-0.4, -0.2) is 4.67 Å². The Morgan fingerprint density at radius 1 is 0.500 bits per heavy atom. The lowest BCUT2D eigenvalue weighted by Gasteiger charge is -2.41. The van der Waals surface area contributed by atoms with Gasteiger partial charge in [-0.3, -0.25) is 4.67 Å². The summed E-state index contributed by atoms with van der Waals surface area (Å²) in [6, 6.07) is 40.6. The van der Waals surface area contributed by atoms with E-state index in [1.807, 2.05) is 0 Å². The SMILES string of the molecule is Cc1ccc(P(c2ccc(C)cc2)N([C@@H](C)c2ccccc2)[C@@H](C)c2ccccc2)cc1. The van der Waals surface area contributed by atoms with Crippen molar-refractivity contribution in [2.24, 2.45) is 0 Å². The van der Waals surface area contributed by atoms with Gasteiger partial charge in [-0.15, -0.1) is 0 Å². The zero-order chi connectivity index (χ0) is 22.5. The highest BCUT2D eigenvalue weighted by Gasteiger charge is 2.32. The molecule has 0 saturated carbocycles. The van der Waals surface area contributed by atoms with Crippen LogP contribution < -0.4 is 10.6 Å². The van der Waals surface area contributed by atoms with E-state index in [0.717, 1.165) is 0 Å². The fourth-order valence-electron chi connectivity index (χ4n) is 4.24. The molecule has 4 aromatic rings. The molecule has 0 N–H and O–H groups in total. The van der Waals surface area contributed by atoms with Crippen molar-refractivity contribution in [1.29, 1.82) is 0 Å². The van der Waals surface area contributed by atoms with Crippen LogP contribution >= 0.6 is 8.07 Å². The quantitative estimate of drug-likeness (QED) is 0.271. The zero-order valence-corrected chi connectivity index (χ0v) is 20.3. The van der Waals surface area contributed by atoms with Gasteiger partial charge in [0.2, 0.25) is 0 Å². The normalized spacial score (nSPS) is 13.3. The van der Waals surface area contributed by atoms with Gasteiger partial charge >= 0.3 is 0 Å². The van der Waals surface area contributed by atoms with Gasteiger partial charge in [0.05, 0.1) is 0 Å². The highest BCUT2D eigenvalue weighted by atomic mass is 31.1. The maximum Gasteiger partial charge on any atom is 0.0368 e. The Morgan fingerprint density at radius 3 is 1.19 bits per heavy atom. The minimum Gasteiger partial charge on any atom is -0.261 e. The van der Waals surface area contributed by atoms with Crippen LogP contribution in [0.25, 0.3) is 0 Å². The molecule has 0 aliphatic heterocycles. The first-order chi connectivity index (χ1) is 15.5. The summed E-state index contributed by atoms with van der Waals surface area (Å²) >= 11 is 0. The van der Waals surface area contributed by atoms with Gasteiger partial charge in [-0.05, 0) is 49.4 Å². The second-order valence-electron chi connectivity index (χ2n) is 8.54. The summed E-state index contributed by atoms with van der Waals surface area (Å²) in [5, 5.41) is 2.78. The lowest BCUT2D eigenvalue weighted by molar-refractivity contribution is 0.303. The lowest BCUT2D eigenvalue weighted by Crippen LogP contribution is -2.33. The van der Waals surface area contributed by atoms with Crippen molar-refractivity contribution < 1.29 is 0 Å². The standard InChI is InChI=1S/C30H32NP/c1-23-15-19-29(20-16-23)32(30-21-17-24(2)18-22-30)31(25(3)27-11-7-5-8-12-27)26(4)28-13-9-6-10-14-28/h5-22,25-26H,1-4H3/t25-,26-/m0/s1. The summed E-state index contributed by atoms with van der Waals surface area (Å²) in [5.41, 5.74) is 5.29. The second kappa shape index (κ2) is 10.3. The summed E-state index contributed by atoms with van der Waals surface area (Å²) in [7, 11) is -0.732. The van der Waals surface area contributed by atoms with E-state index in [1.165, 1.54) is 32.9 Å². The van der Waals surface area contributed by atoms with E-state index >= 15 is 0 Å². The molecule has 0 fully saturated rings. The predicted molar refractivity (Wildman–Crippen MR) is 140 cm³/mol. The minimum absolute atomic E-state index is 0.264. The van der Waals surface area contributed by atoms with E-state index in [-0.39, 0.29) is 12.1 Å². The number of rotatable bonds is 7. The van der Waals surface area contributed by atoms with Gasteiger partial charge in [0.25, 0.3) is 0 Å². The summed E-state index contributed by atoms with van der Waals surface area (Å²) in [4.78, 5) is 0. The number of hydrogen-bond donors (Lipinski definition) is 0. The summed E-state index contributed by atoms with van der Waals surface area (Å²) in [6.45, 7) is 9.03. The average molecular weight is 438 g/mol. The van der Waals surface area contributed by atoms with Gasteiger partial charge in [0.1, 0.15) is 0 Å². The third-order valence-electron chi connectivity index (χ3n) is 6.15. The Balaban J connectivity index is 1.89. The van der Waals surface area contributed by atoms with Crippen molar-refractivity contribution in [2.75, 3.05) is 0 Å². The molecular weight excluding hydrogens is 405 g/mol. The van der Waals surface area contributed by atoms with E-state index in [9.17, 15) is 0 Å². The molecule has 4 aromatic carbocycles. The van der Waals surface area contributed by atoms with Crippen LogP contribution in [0.3, 0.4) is 0 Å². The molecule has 0 amide bonds. The van der Waals surface area contributed by atoms with Gasteiger partial charge in [-0.25, -0.2) is 0 Å². The predicted octanol–water partition coefficient (Wildman–Crippen LogP) is 7.48. The summed E-state index contributed by atoms with van der Waals surface area (Å²) in [6.07, 6.45) is 0. The van der Waals surface area contributed by atoms with Crippen LogP contribution in [0.1, 0.15) is 48.2 Å². The first-order valence-electron chi connectivity index (χ1n) is 11.4. The molecule has 0 aromatic heterocycles. The molecule has 0 radical (unpaired) electrons. The molecule has 2 atom stereocenters. The summed E-state index contributed by atoms with van der Waals surface area (Å²) in [5.74, 6) is 0. The topological polar surface area (TPSA) is 3.24 Å². The van der Waals surface area contributed by atoms with Gasteiger partial charge in [0.15, 0.2) is 0 Å². The van der Waals surface area contributed by atoms with E-state index in [0.29, 0.717) is 0 Å². The lowest BCUT2D eigenvalue weighted by atomic mass is 10.0. The monoisotopic (exact) mass is 437 g/mol. The van der Waals surface area contributed by atoms with Crippen molar-refractivity contribution in [3.05, 3.63) is 131 Å². The van der Waals surface area contributed by atoms with Gasteiger partial charge in [0, 0.05) is 20.2 Å². The fraction of sp³-hybridized carbons (Fsp3) is 0.200. The van der Waals surface area contributed by atoms with Crippen molar-refractivity contribution in [3.63, 3.8) is 0 Å². The first kappa shape index (κ1) is 22.5. The molecule has 32 heavy (non-hydrogen) atoms. The number of aryl methyl sites for hydroxylation is 2. The Kier molecular flexibility index (Phi) is 7.20. The maximum absolute atomic E-state index is 2.73. The molecule has 0 aliphatic rings. The molecule has 0 bridgehead atoms.